The molecule has 1 unspecified atom stereocenters. The number of aromatic nitrogens is 2. The molecule has 96 valence electrons. The smallest absolute Gasteiger partial charge is 0.123 e. The predicted molar refractivity (Wildman–Crippen MR) is 78.8 cm³/mol. The van der Waals surface area contributed by atoms with Gasteiger partial charge in [0.2, 0.25) is 0 Å². The van der Waals surface area contributed by atoms with E-state index in [2.05, 4.69) is 43.3 Å². The number of halogens is 1. The third kappa shape index (κ3) is 2.68. The summed E-state index contributed by atoms with van der Waals surface area (Å²) in [6.07, 6.45) is 7.02. The Hall–Kier alpha value is -0.650. The number of nitrogens with zero attached hydrogens (tertiary/aromatic N) is 1. The van der Waals surface area contributed by atoms with E-state index in [1.807, 2.05) is 6.20 Å². The number of imidazole rings is 1. The van der Waals surface area contributed by atoms with Gasteiger partial charge < -0.3 is 10.3 Å². The van der Waals surface area contributed by atoms with Gasteiger partial charge in [0.05, 0.1) is 26.6 Å². The highest BCUT2D eigenvalue weighted by Crippen LogP contribution is 2.31. The summed E-state index contributed by atoms with van der Waals surface area (Å²) in [4.78, 5) is 9.23. The zero-order chi connectivity index (χ0) is 12.4. The van der Waals surface area contributed by atoms with Gasteiger partial charge in [-0.1, -0.05) is 12.8 Å². The minimum absolute atomic E-state index is 0.393. The van der Waals surface area contributed by atoms with E-state index in [1.165, 1.54) is 30.6 Å². The van der Waals surface area contributed by atoms with Crippen LogP contribution in [0.2, 0.25) is 0 Å². The molecule has 2 N–H and O–H groups in total. The number of aromatic amines is 1. The van der Waals surface area contributed by atoms with E-state index in [0.29, 0.717) is 6.04 Å². The number of hydrogen-bond donors (Lipinski definition) is 2. The van der Waals surface area contributed by atoms with Gasteiger partial charge in [0.15, 0.2) is 0 Å². The molecule has 2 aromatic rings. The average Bonchev–Trinajstić information content (AvgIpc) is 2.92. The van der Waals surface area contributed by atoms with E-state index in [-0.39, 0.29) is 0 Å². The molecular weight excluding hydrogens is 310 g/mol. The topological polar surface area (TPSA) is 40.7 Å². The number of nitrogens with one attached hydrogen (secondary N) is 2. The first kappa shape index (κ1) is 12.4. The van der Waals surface area contributed by atoms with Gasteiger partial charge in [0.1, 0.15) is 5.82 Å². The van der Waals surface area contributed by atoms with Crippen LogP contribution in [0.25, 0.3) is 10.6 Å². The van der Waals surface area contributed by atoms with Gasteiger partial charge in [-0.05, 0) is 47.4 Å². The second kappa shape index (κ2) is 5.55. The maximum atomic E-state index is 4.54. The van der Waals surface area contributed by atoms with Crippen molar-refractivity contribution in [3.8, 4) is 10.6 Å². The summed E-state index contributed by atoms with van der Waals surface area (Å²) < 4.78 is 1.15. The minimum atomic E-state index is 0.393. The zero-order valence-corrected chi connectivity index (χ0v) is 12.5. The Bertz CT molecular complexity index is 512. The Kier molecular flexibility index (Phi) is 3.82. The van der Waals surface area contributed by atoms with Crippen molar-refractivity contribution in [3.63, 3.8) is 0 Å². The summed E-state index contributed by atoms with van der Waals surface area (Å²) in [5.74, 6) is 1.08. The third-order valence-corrected chi connectivity index (χ3v) is 4.98. The fraction of sp³-hybridized carbons (Fsp3) is 0.462. The lowest BCUT2D eigenvalue weighted by Gasteiger charge is -2.12. The number of thiophene rings is 1. The normalized spacial score (nSPS) is 20.8. The van der Waals surface area contributed by atoms with Crippen molar-refractivity contribution in [1.29, 1.82) is 0 Å². The van der Waals surface area contributed by atoms with Crippen molar-refractivity contribution in [2.24, 2.45) is 0 Å². The lowest BCUT2D eigenvalue weighted by atomic mass is 10.1. The third-order valence-electron chi connectivity index (χ3n) is 3.32. The highest BCUT2D eigenvalue weighted by atomic mass is 79.9. The first-order valence-corrected chi connectivity index (χ1v) is 7.98. The molecule has 0 saturated carbocycles. The summed E-state index contributed by atoms with van der Waals surface area (Å²) in [6, 6.07) is 4.58. The molecule has 5 heteroatoms. The van der Waals surface area contributed by atoms with Crippen LogP contribution in [0.3, 0.4) is 0 Å². The van der Waals surface area contributed by atoms with E-state index < -0.39 is 0 Å². The van der Waals surface area contributed by atoms with Crippen molar-refractivity contribution >= 4 is 27.3 Å². The Morgan fingerprint density at radius 1 is 1.28 bits per heavy atom. The molecule has 0 aliphatic carbocycles. The average molecular weight is 326 g/mol. The van der Waals surface area contributed by atoms with Gasteiger partial charge in [-0.15, -0.1) is 11.3 Å². The molecule has 3 heterocycles. The molecule has 0 radical (unpaired) electrons. The fourth-order valence-electron chi connectivity index (χ4n) is 2.36. The van der Waals surface area contributed by atoms with Crippen LogP contribution >= 0.6 is 27.3 Å². The van der Waals surface area contributed by atoms with Crippen molar-refractivity contribution in [3.05, 3.63) is 27.9 Å². The first-order chi connectivity index (χ1) is 8.83. The Labute approximate surface area is 119 Å². The van der Waals surface area contributed by atoms with Crippen LogP contribution in [0, 0.1) is 0 Å². The first-order valence-electron chi connectivity index (χ1n) is 6.37. The molecule has 0 aromatic carbocycles. The van der Waals surface area contributed by atoms with E-state index >= 15 is 0 Å². The zero-order valence-electron chi connectivity index (χ0n) is 10.1. The summed E-state index contributed by atoms with van der Waals surface area (Å²) in [6.45, 7) is 1.10. The van der Waals surface area contributed by atoms with E-state index in [1.54, 1.807) is 11.3 Å². The van der Waals surface area contributed by atoms with Gasteiger partial charge in [-0.3, -0.25) is 0 Å². The second-order valence-corrected chi connectivity index (χ2v) is 7.10. The van der Waals surface area contributed by atoms with Gasteiger partial charge in [-0.25, -0.2) is 4.98 Å². The molecule has 2 aromatic heterocycles. The highest BCUT2D eigenvalue weighted by molar-refractivity contribution is 9.11. The standard InChI is InChI=1S/C13H16BrN3S/c14-12-6-5-11(18-12)10-8-16-13(17-10)9-4-2-1-3-7-15-9/h5-6,8-9,15H,1-4,7H2,(H,16,17). The Balaban J connectivity index is 1.80. The SMILES string of the molecule is Brc1ccc(-c2cnc(C3CCCCCN3)[nH]2)s1. The number of H-pyrrole nitrogens is 1. The molecule has 0 amide bonds. The molecule has 1 atom stereocenters. The van der Waals surface area contributed by atoms with Crippen molar-refractivity contribution in [1.82, 2.24) is 15.3 Å². The number of rotatable bonds is 2. The molecule has 3 nitrogen and oxygen atoms in total. The molecule has 0 spiro atoms. The highest BCUT2D eigenvalue weighted by Gasteiger charge is 2.17. The monoisotopic (exact) mass is 325 g/mol. The van der Waals surface area contributed by atoms with Crippen LogP contribution in [-0.2, 0) is 0 Å². The molecule has 1 saturated heterocycles. The molecule has 18 heavy (non-hydrogen) atoms. The summed E-state index contributed by atoms with van der Waals surface area (Å²) >= 11 is 5.22. The Morgan fingerprint density at radius 3 is 3.06 bits per heavy atom. The van der Waals surface area contributed by atoms with E-state index in [4.69, 9.17) is 0 Å². The fourth-order valence-corrected chi connectivity index (χ4v) is 3.71. The van der Waals surface area contributed by atoms with Gasteiger partial charge in [0.25, 0.3) is 0 Å². The predicted octanol–water partition coefficient (Wildman–Crippen LogP) is 4.11. The van der Waals surface area contributed by atoms with Crippen molar-refractivity contribution < 1.29 is 0 Å². The second-order valence-electron chi connectivity index (χ2n) is 4.64. The summed E-state index contributed by atoms with van der Waals surface area (Å²) in [7, 11) is 0. The molecular formula is C13H16BrN3S. The van der Waals surface area contributed by atoms with Gasteiger partial charge >= 0.3 is 0 Å². The maximum absolute atomic E-state index is 4.54. The Morgan fingerprint density at radius 2 is 2.22 bits per heavy atom. The van der Waals surface area contributed by atoms with Crippen LogP contribution in [0.5, 0.6) is 0 Å². The molecule has 1 fully saturated rings. The lowest BCUT2D eigenvalue weighted by molar-refractivity contribution is 0.512. The van der Waals surface area contributed by atoms with Crippen LogP contribution in [0.15, 0.2) is 22.1 Å². The van der Waals surface area contributed by atoms with Gasteiger partial charge in [-0.2, -0.15) is 0 Å². The quantitative estimate of drug-likeness (QED) is 0.872. The van der Waals surface area contributed by atoms with Crippen molar-refractivity contribution in [2.75, 3.05) is 6.54 Å². The lowest BCUT2D eigenvalue weighted by Crippen LogP contribution is -2.21. The molecule has 3 rings (SSSR count). The summed E-state index contributed by atoms with van der Waals surface area (Å²) in [5, 5.41) is 3.57. The van der Waals surface area contributed by atoms with Crippen LogP contribution in [0.4, 0.5) is 0 Å². The largest absolute Gasteiger partial charge is 0.340 e. The van der Waals surface area contributed by atoms with Crippen LogP contribution in [0.1, 0.15) is 37.5 Å². The summed E-state index contributed by atoms with van der Waals surface area (Å²) in [5.41, 5.74) is 1.12. The molecule has 0 bridgehead atoms. The molecule has 1 aliphatic heterocycles. The molecule has 1 aliphatic rings. The maximum Gasteiger partial charge on any atom is 0.123 e. The van der Waals surface area contributed by atoms with Crippen LogP contribution in [-0.4, -0.2) is 16.5 Å². The van der Waals surface area contributed by atoms with Crippen molar-refractivity contribution in [2.45, 2.75) is 31.7 Å². The minimum Gasteiger partial charge on any atom is -0.340 e. The van der Waals surface area contributed by atoms with Crippen LogP contribution < -0.4 is 5.32 Å². The number of hydrogen-bond acceptors (Lipinski definition) is 3. The van der Waals surface area contributed by atoms with Gasteiger partial charge in [0, 0.05) is 0 Å². The van der Waals surface area contributed by atoms with E-state index in [0.717, 1.165) is 21.8 Å². The van der Waals surface area contributed by atoms with E-state index in [9.17, 15) is 0 Å².